The van der Waals surface area contributed by atoms with Crippen LogP contribution in [0.1, 0.15) is 31.2 Å². The van der Waals surface area contributed by atoms with E-state index in [2.05, 4.69) is 14.9 Å². The molecule has 0 spiro atoms. The summed E-state index contributed by atoms with van der Waals surface area (Å²) in [6.07, 6.45) is 4.80. The Labute approximate surface area is 94.7 Å². The van der Waals surface area contributed by atoms with Gasteiger partial charge in [0.05, 0.1) is 5.56 Å². The van der Waals surface area contributed by atoms with Crippen molar-refractivity contribution in [2.45, 2.75) is 32.6 Å². The van der Waals surface area contributed by atoms with Crippen molar-refractivity contribution in [3.8, 4) is 0 Å². The maximum absolute atomic E-state index is 11.6. The van der Waals surface area contributed by atoms with Gasteiger partial charge in [0.1, 0.15) is 5.82 Å². The van der Waals surface area contributed by atoms with Gasteiger partial charge in [0.2, 0.25) is 5.95 Å². The Kier molecular flexibility index (Phi) is 3.12. The minimum absolute atomic E-state index is 0.133. The van der Waals surface area contributed by atoms with Gasteiger partial charge in [-0.1, -0.05) is 12.8 Å². The molecule has 3 N–H and O–H groups in total. The maximum atomic E-state index is 11.6. The molecule has 0 bridgehead atoms. The van der Waals surface area contributed by atoms with Crippen molar-refractivity contribution < 1.29 is 0 Å². The van der Waals surface area contributed by atoms with E-state index in [0.29, 0.717) is 17.3 Å². The molecule has 0 unspecified atom stereocenters. The van der Waals surface area contributed by atoms with Crippen LogP contribution in [0, 0.1) is 6.92 Å². The van der Waals surface area contributed by atoms with Crippen LogP contribution in [0.3, 0.4) is 0 Å². The van der Waals surface area contributed by atoms with Gasteiger partial charge in [-0.2, -0.15) is 4.98 Å². The minimum Gasteiger partial charge on any atom is -0.383 e. The first kappa shape index (κ1) is 11.0. The average molecular weight is 222 g/mol. The fraction of sp³-hybridized carbons (Fsp3) is 0.636. The third-order valence-electron chi connectivity index (χ3n) is 3.08. The lowest BCUT2D eigenvalue weighted by molar-refractivity contribution is 0.726. The molecule has 0 amide bonds. The van der Waals surface area contributed by atoms with Gasteiger partial charge in [0, 0.05) is 13.1 Å². The van der Waals surface area contributed by atoms with Gasteiger partial charge in [-0.05, 0) is 19.8 Å². The lowest BCUT2D eigenvalue weighted by Crippen LogP contribution is -2.29. The average Bonchev–Trinajstić information content (AvgIpc) is 2.53. The smallest absolute Gasteiger partial charge is 0.257 e. The number of rotatable bonds is 1. The quantitative estimate of drug-likeness (QED) is 0.744. The highest BCUT2D eigenvalue weighted by molar-refractivity contribution is 5.43. The third-order valence-corrected chi connectivity index (χ3v) is 3.08. The van der Waals surface area contributed by atoms with Crippen molar-refractivity contribution in [2.24, 2.45) is 0 Å². The highest BCUT2D eigenvalue weighted by Crippen LogP contribution is 2.15. The summed E-state index contributed by atoms with van der Waals surface area (Å²) in [6, 6.07) is 0. The van der Waals surface area contributed by atoms with Gasteiger partial charge >= 0.3 is 0 Å². The summed E-state index contributed by atoms with van der Waals surface area (Å²) < 4.78 is 0. The molecule has 0 radical (unpaired) electrons. The lowest BCUT2D eigenvalue weighted by atomic mass is 10.2. The van der Waals surface area contributed by atoms with Crippen molar-refractivity contribution in [3.05, 3.63) is 15.9 Å². The van der Waals surface area contributed by atoms with Crippen LogP contribution >= 0.6 is 0 Å². The van der Waals surface area contributed by atoms with E-state index in [1.54, 1.807) is 6.92 Å². The monoisotopic (exact) mass is 222 g/mol. The fourth-order valence-corrected chi connectivity index (χ4v) is 1.97. The SMILES string of the molecule is Cc1c(N)nc(N2CCCCCC2)[nH]c1=O. The van der Waals surface area contributed by atoms with Gasteiger partial charge < -0.3 is 10.6 Å². The van der Waals surface area contributed by atoms with Crippen LogP contribution in [0.25, 0.3) is 0 Å². The Hall–Kier alpha value is -1.52. The van der Waals surface area contributed by atoms with Crippen LogP contribution in [0.4, 0.5) is 11.8 Å². The molecule has 0 saturated carbocycles. The first-order chi connectivity index (χ1) is 7.68. The summed E-state index contributed by atoms with van der Waals surface area (Å²) in [6.45, 7) is 3.59. The number of hydrogen-bond acceptors (Lipinski definition) is 4. The number of H-pyrrole nitrogens is 1. The van der Waals surface area contributed by atoms with E-state index in [-0.39, 0.29) is 5.56 Å². The van der Waals surface area contributed by atoms with E-state index < -0.39 is 0 Å². The van der Waals surface area contributed by atoms with E-state index >= 15 is 0 Å². The number of nitrogens with one attached hydrogen (secondary N) is 1. The number of hydrogen-bond donors (Lipinski definition) is 2. The predicted octanol–water partition coefficient (Wildman–Crippen LogP) is 1.04. The Balaban J connectivity index is 2.28. The fourth-order valence-electron chi connectivity index (χ4n) is 1.97. The molecule has 2 rings (SSSR count). The van der Waals surface area contributed by atoms with Crippen molar-refractivity contribution in [2.75, 3.05) is 23.7 Å². The second kappa shape index (κ2) is 4.55. The lowest BCUT2D eigenvalue weighted by Gasteiger charge is -2.20. The van der Waals surface area contributed by atoms with E-state index in [0.717, 1.165) is 25.9 Å². The first-order valence-electron chi connectivity index (χ1n) is 5.80. The molecule has 1 fully saturated rings. The zero-order valence-corrected chi connectivity index (χ0v) is 9.62. The van der Waals surface area contributed by atoms with Gasteiger partial charge in [0.25, 0.3) is 5.56 Å². The molecule has 0 aliphatic carbocycles. The Morgan fingerprint density at radius 2 is 1.88 bits per heavy atom. The molecule has 1 saturated heterocycles. The number of anilines is 2. The number of nitrogens with zero attached hydrogens (tertiary/aromatic N) is 2. The molecule has 0 aromatic carbocycles. The predicted molar refractivity (Wildman–Crippen MR) is 64.7 cm³/mol. The molecule has 1 aliphatic heterocycles. The van der Waals surface area contributed by atoms with E-state index in [4.69, 9.17) is 5.73 Å². The molecule has 5 nitrogen and oxygen atoms in total. The molecule has 1 aromatic rings. The topological polar surface area (TPSA) is 75.0 Å². The summed E-state index contributed by atoms with van der Waals surface area (Å²) in [7, 11) is 0. The van der Waals surface area contributed by atoms with Crippen LogP contribution < -0.4 is 16.2 Å². The third kappa shape index (κ3) is 2.18. The van der Waals surface area contributed by atoms with E-state index in [1.165, 1.54) is 12.8 Å². The second-order valence-electron chi connectivity index (χ2n) is 4.30. The van der Waals surface area contributed by atoms with Gasteiger partial charge in [-0.15, -0.1) is 0 Å². The molecule has 1 aromatic heterocycles. The molecule has 0 atom stereocenters. The van der Waals surface area contributed by atoms with Crippen molar-refractivity contribution in [1.82, 2.24) is 9.97 Å². The second-order valence-corrected chi connectivity index (χ2v) is 4.30. The van der Waals surface area contributed by atoms with Gasteiger partial charge in [-0.25, -0.2) is 0 Å². The van der Waals surface area contributed by atoms with Crippen molar-refractivity contribution in [3.63, 3.8) is 0 Å². The highest BCUT2D eigenvalue weighted by Gasteiger charge is 2.13. The van der Waals surface area contributed by atoms with Crippen molar-refractivity contribution in [1.29, 1.82) is 0 Å². The first-order valence-corrected chi connectivity index (χ1v) is 5.80. The summed E-state index contributed by atoms with van der Waals surface area (Å²) in [5, 5.41) is 0. The summed E-state index contributed by atoms with van der Waals surface area (Å²) >= 11 is 0. The van der Waals surface area contributed by atoms with Gasteiger partial charge in [0.15, 0.2) is 0 Å². The van der Waals surface area contributed by atoms with Gasteiger partial charge in [-0.3, -0.25) is 9.78 Å². The number of nitrogens with two attached hydrogens (primary N) is 1. The number of aromatic nitrogens is 2. The van der Waals surface area contributed by atoms with Crippen LogP contribution in [0.2, 0.25) is 0 Å². The van der Waals surface area contributed by atoms with Crippen molar-refractivity contribution >= 4 is 11.8 Å². The molecule has 5 heteroatoms. The Morgan fingerprint density at radius 1 is 1.25 bits per heavy atom. The molecular formula is C11H18N4O. The molecule has 88 valence electrons. The van der Waals surface area contributed by atoms with Crippen LogP contribution in [-0.2, 0) is 0 Å². The van der Waals surface area contributed by atoms with Crippen LogP contribution in [0.5, 0.6) is 0 Å². The minimum atomic E-state index is -0.133. The van der Waals surface area contributed by atoms with E-state index in [1.807, 2.05) is 0 Å². The zero-order chi connectivity index (χ0) is 11.5. The molecule has 1 aliphatic rings. The van der Waals surface area contributed by atoms with Crippen LogP contribution in [-0.4, -0.2) is 23.1 Å². The standard InChI is InChI=1S/C11H18N4O/c1-8-9(12)13-11(14-10(8)16)15-6-4-2-3-5-7-15/h2-7H2,1H3,(H3,12,13,14,16). The number of aromatic amines is 1. The Morgan fingerprint density at radius 3 is 2.44 bits per heavy atom. The maximum Gasteiger partial charge on any atom is 0.257 e. The molecule has 2 heterocycles. The van der Waals surface area contributed by atoms with E-state index in [9.17, 15) is 4.79 Å². The Bertz CT molecular complexity index is 418. The summed E-state index contributed by atoms with van der Waals surface area (Å²) in [5.41, 5.74) is 6.08. The number of nitrogen functional groups attached to an aromatic ring is 1. The molecular weight excluding hydrogens is 204 g/mol. The summed E-state index contributed by atoms with van der Waals surface area (Å²) in [5.74, 6) is 0.956. The normalized spacial score (nSPS) is 17.2. The highest BCUT2D eigenvalue weighted by atomic mass is 16.1. The molecule has 16 heavy (non-hydrogen) atoms. The summed E-state index contributed by atoms with van der Waals surface area (Å²) in [4.78, 5) is 20.7. The van der Waals surface area contributed by atoms with Crippen LogP contribution in [0.15, 0.2) is 4.79 Å². The zero-order valence-electron chi connectivity index (χ0n) is 9.62. The largest absolute Gasteiger partial charge is 0.383 e.